The van der Waals surface area contributed by atoms with Crippen LogP contribution in [0.25, 0.3) is 0 Å². The van der Waals surface area contributed by atoms with Crippen LogP contribution in [-0.4, -0.2) is 31.4 Å². The Morgan fingerprint density at radius 3 is 2.00 bits per heavy atom. The van der Waals surface area contributed by atoms with Crippen molar-refractivity contribution in [2.45, 2.75) is 32.1 Å². The van der Waals surface area contributed by atoms with E-state index in [9.17, 15) is 0 Å². The van der Waals surface area contributed by atoms with E-state index in [1.165, 1.54) is 37.8 Å². The normalized spacial score (nSPS) is 20.1. The topological polar surface area (TPSA) is 12.4 Å². The second-order valence-electron chi connectivity index (χ2n) is 4.17. The van der Waals surface area contributed by atoms with Gasteiger partial charge in [-0.1, -0.05) is 11.5 Å². The van der Waals surface area contributed by atoms with E-state index in [0.29, 0.717) is 0 Å². The molecule has 1 aliphatic rings. The first-order valence-electron chi connectivity index (χ1n) is 4.47. The van der Waals surface area contributed by atoms with Gasteiger partial charge in [0.1, 0.15) is 0 Å². The average Bonchev–Trinajstić information content (AvgIpc) is 1.85. The highest BCUT2D eigenvalue weighted by Crippen LogP contribution is 2.15. The lowest BCUT2D eigenvalue weighted by Crippen LogP contribution is -2.29. The molecule has 1 fully saturated rings. The molecule has 0 radical (unpaired) electrons. The Morgan fingerprint density at radius 1 is 1.00 bits per heavy atom. The third kappa shape index (κ3) is 3.51. The summed E-state index contributed by atoms with van der Waals surface area (Å²) in [5.41, 5.74) is 1.42. The largest absolute Gasteiger partial charge is 0.205 e. The van der Waals surface area contributed by atoms with E-state index in [1.54, 1.807) is 0 Å². The summed E-state index contributed by atoms with van der Waals surface area (Å²) in [5, 5.41) is 4.62. The maximum Gasteiger partial charge on any atom is 0.0923 e. The highest BCUT2D eigenvalue weighted by Gasteiger charge is 2.12. The number of nitrogens with zero attached hydrogens (tertiary/aromatic N) is 2. The molecule has 1 rings (SSSR count). The fourth-order valence-corrected chi connectivity index (χ4v) is 1.48. The van der Waals surface area contributed by atoms with Crippen LogP contribution in [0.5, 0.6) is 0 Å². The summed E-state index contributed by atoms with van der Waals surface area (Å²) in [7, 11) is 6.34. The van der Waals surface area contributed by atoms with Gasteiger partial charge >= 0.3 is 0 Å². The third-order valence-corrected chi connectivity index (χ3v) is 1.87. The minimum atomic E-state index is 0.731. The SMILES string of the molecule is C[N+](C)(C)N=C1CCCCC1. The lowest BCUT2D eigenvalue weighted by atomic mass is 9.99. The molecule has 0 amide bonds. The lowest BCUT2D eigenvalue weighted by molar-refractivity contribution is -0.877. The molecule has 0 unspecified atom stereocenters. The number of hydrogen-bond acceptors (Lipinski definition) is 1. The minimum absolute atomic E-state index is 0.731. The van der Waals surface area contributed by atoms with Crippen molar-refractivity contribution >= 4 is 5.71 Å². The van der Waals surface area contributed by atoms with Crippen LogP contribution in [0.3, 0.4) is 0 Å². The quantitative estimate of drug-likeness (QED) is 0.406. The van der Waals surface area contributed by atoms with Gasteiger partial charge in [-0.15, -0.1) is 0 Å². The summed E-state index contributed by atoms with van der Waals surface area (Å²) in [5.74, 6) is 0. The van der Waals surface area contributed by atoms with Gasteiger partial charge in [0.15, 0.2) is 0 Å². The summed E-state index contributed by atoms with van der Waals surface area (Å²) in [6.45, 7) is 0. The molecule has 0 bridgehead atoms. The number of hydrogen-bond donors (Lipinski definition) is 0. The first-order valence-corrected chi connectivity index (χ1v) is 4.47. The van der Waals surface area contributed by atoms with Gasteiger partial charge < -0.3 is 0 Å². The van der Waals surface area contributed by atoms with Crippen molar-refractivity contribution in [3.63, 3.8) is 0 Å². The molecule has 0 aromatic rings. The molecule has 0 spiro atoms. The van der Waals surface area contributed by atoms with E-state index in [1.807, 2.05) is 0 Å². The van der Waals surface area contributed by atoms with Gasteiger partial charge in [-0.2, -0.15) is 0 Å². The number of rotatable bonds is 1. The van der Waals surface area contributed by atoms with Gasteiger partial charge in [-0.25, -0.2) is 4.59 Å². The van der Waals surface area contributed by atoms with E-state index in [2.05, 4.69) is 26.2 Å². The zero-order chi connectivity index (χ0) is 8.32. The van der Waals surface area contributed by atoms with Crippen LogP contribution in [0.4, 0.5) is 0 Å². The molecule has 2 nitrogen and oxygen atoms in total. The molecule has 0 atom stereocenters. The second-order valence-corrected chi connectivity index (χ2v) is 4.17. The molecule has 0 aromatic carbocycles. The van der Waals surface area contributed by atoms with Gasteiger partial charge in [0.25, 0.3) is 0 Å². The molecule has 0 aliphatic heterocycles. The molecule has 11 heavy (non-hydrogen) atoms. The Labute approximate surface area is 69.5 Å². The molecule has 0 N–H and O–H groups in total. The summed E-state index contributed by atoms with van der Waals surface area (Å²) in [6.07, 6.45) is 6.55. The summed E-state index contributed by atoms with van der Waals surface area (Å²) < 4.78 is 0.731. The molecule has 0 heterocycles. The first-order chi connectivity index (χ1) is 5.08. The van der Waals surface area contributed by atoms with Gasteiger partial charge in [0.05, 0.1) is 26.9 Å². The molecular formula is C9H19N2+. The molecule has 64 valence electrons. The van der Waals surface area contributed by atoms with E-state index >= 15 is 0 Å². The summed E-state index contributed by atoms with van der Waals surface area (Å²) in [4.78, 5) is 0. The Morgan fingerprint density at radius 2 is 1.55 bits per heavy atom. The predicted octanol–water partition coefficient (Wildman–Crippen LogP) is 2.01. The highest BCUT2D eigenvalue weighted by atomic mass is 15.6. The Bertz CT molecular complexity index is 145. The van der Waals surface area contributed by atoms with Crippen molar-refractivity contribution in [2.24, 2.45) is 5.10 Å². The summed E-state index contributed by atoms with van der Waals surface area (Å²) >= 11 is 0. The van der Waals surface area contributed by atoms with Gasteiger partial charge in [-0.3, -0.25) is 0 Å². The third-order valence-electron chi connectivity index (χ3n) is 1.87. The molecular weight excluding hydrogens is 136 g/mol. The highest BCUT2D eigenvalue weighted by molar-refractivity contribution is 5.84. The van der Waals surface area contributed by atoms with E-state index < -0.39 is 0 Å². The van der Waals surface area contributed by atoms with Crippen LogP contribution in [0.2, 0.25) is 0 Å². The van der Waals surface area contributed by atoms with Crippen LogP contribution >= 0.6 is 0 Å². The predicted molar refractivity (Wildman–Crippen MR) is 48.6 cm³/mol. The fraction of sp³-hybridized carbons (Fsp3) is 0.889. The van der Waals surface area contributed by atoms with Gasteiger partial charge in [-0.05, 0) is 25.7 Å². The molecule has 0 aromatic heterocycles. The first kappa shape index (κ1) is 8.72. The van der Waals surface area contributed by atoms with Crippen LogP contribution in [0, 0.1) is 0 Å². The smallest absolute Gasteiger partial charge is 0.0923 e. The van der Waals surface area contributed by atoms with Gasteiger partial charge in [0.2, 0.25) is 0 Å². The van der Waals surface area contributed by atoms with Crippen LogP contribution in [-0.2, 0) is 0 Å². The van der Waals surface area contributed by atoms with E-state index in [-0.39, 0.29) is 0 Å². The van der Waals surface area contributed by atoms with Crippen molar-refractivity contribution in [2.75, 3.05) is 21.1 Å². The summed E-state index contributed by atoms with van der Waals surface area (Å²) in [6, 6.07) is 0. The van der Waals surface area contributed by atoms with E-state index in [4.69, 9.17) is 0 Å². The van der Waals surface area contributed by atoms with Crippen molar-refractivity contribution < 1.29 is 4.59 Å². The maximum atomic E-state index is 4.62. The maximum absolute atomic E-state index is 4.62. The van der Waals surface area contributed by atoms with Crippen molar-refractivity contribution in [3.8, 4) is 0 Å². The van der Waals surface area contributed by atoms with Crippen LogP contribution < -0.4 is 0 Å². The Kier molecular flexibility index (Phi) is 2.66. The van der Waals surface area contributed by atoms with Crippen LogP contribution in [0.15, 0.2) is 5.10 Å². The average molecular weight is 155 g/mol. The fourth-order valence-electron chi connectivity index (χ4n) is 1.48. The number of quaternary nitrogens is 1. The zero-order valence-corrected chi connectivity index (χ0v) is 7.93. The molecule has 1 saturated carbocycles. The van der Waals surface area contributed by atoms with Crippen molar-refractivity contribution in [3.05, 3.63) is 0 Å². The van der Waals surface area contributed by atoms with Crippen molar-refractivity contribution in [1.29, 1.82) is 0 Å². The molecule has 1 aliphatic carbocycles. The Hall–Kier alpha value is -0.370. The van der Waals surface area contributed by atoms with Crippen LogP contribution in [0.1, 0.15) is 32.1 Å². The Balaban J connectivity index is 2.50. The lowest BCUT2D eigenvalue weighted by Gasteiger charge is -2.19. The van der Waals surface area contributed by atoms with Gasteiger partial charge in [0, 0.05) is 0 Å². The monoisotopic (exact) mass is 155 g/mol. The van der Waals surface area contributed by atoms with Crippen molar-refractivity contribution in [1.82, 2.24) is 0 Å². The molecule has 2 heteroatoms. The standard InChI is InChI=1S/C9H19N2/c1-11(2,3)10-9-7-5-4-6-8-9/h4-8H2,1-3H3/q+1. The second kappa shape index (κ2) is 3.35. The molecule has 0 saturated heterocycles. The van der Waals surface area contributed by atoms with E-state index in [0.717, 1.165) is 4.59 Å². The zero-order valence-electron chi connectivity index (χ0n) is 7.93. The minimum Gasteiger partial charge on any atom is -0.205 e.